The van der Waals surface area contributed by atoms with Gasteiger partial charge in [0.05, 0.1) is 48.5 Å². The number of hydrogen-bond acceptors (Lipinski definition) is 5. The topological polar surface area (TPSA) is 89.9 Å². The van der Waals surface area contributed by atoms with Crippen LogP contribution in [-0.2, 0) is 16.1 Å². The molecule has 0 saturated carbocycles. The van der Waals surface area contributed by atoms with Gasteiger partial charge in [0, 0.05) is 29.9 Å². The van der Waals surface area contributed by atoms with Crippen LogP contribution >= 0.6 is 23.2 Å². The number of carbonyl (C=O) groups is 2. The molecule has 1 N–H and O–H groups in total. The summed E-state index contributed by atoms with van der Waals surface area (Å²) in [5.74, 6) is 0.231. The zero-order chi connectivity index (χ0) is 29.8. The highest BCUT2D eigenvalue weighted by molar-refractivity contribution is 6.42. The van der Waals surface area contributed by atoms with Crippen molar-refractivity contribution in [1.82, 2.24) is 4.57 Å². The molecule has 0 radical (unpaired) electrons. The van der Waals surface area contributed by atoms with E-state index in [4.69, 9.17) is 32.7 Å². The molecule has 4 aromatic rings. The largest absolute Gasteiger partial charge is 0.497 e. The Morgan fingerprint density at radius 2 is 1.69 bits per heavy atom. The summed E-state index contributed by atoms with van der Waals surface area (Å²) in [6.45, 7) is 0.243. The van der Waals surface area contributed by atoms with Gasteiger partial charge in [-0.3, -0.25) is 14.4 Å². The summed E-state index contributed by atoms with van der Waals surface area (Å²) in [4.78, 5) is 41.7. The smallest absolute Gasteiger partial charge is 0.250 e. The number of aromatic nitrogens is 1. The maximum Gasteiger partial charge on any atom is 0.250 e. The molecule has 3 aromatic carbocycles. The Morgan fingerprint density at radius 3 is 2.40 bits per heavy atom. The fraction of sp³-hybridized carbons (Fsp3) is 0.219. The van der Waals surface area contributed by atoms with Crippen molar-refractivity contribution in [2.24, 2.45) is 5.92 Å². The van der Waals surface area contributed by atoms with Crippen LogP contribution in [0.2, 0.25) is 10.0 Å². The Hall–Kier alpha value is -4.27. The number of rotatable bonds is 8. The zero-order valence-electron chi connectivity index (χ0n) is 23.1. The molecule has 2 heterocycles. The van der Waals surface area contributed by atoms with E-state index in [1.165, 1.54) is 10.6 Å². The number of carbonyl (C=O) groups excluding carboxylic acids is 2. The second kappa shape index (κ2) is 12.7. The molecule has 0 bridgehead atoms. The van der Waals surface area contributed by atoms with Crippen LogP contribution in [0.25, 0.3) is 0 Å². The third-order valence-electron chi connectivity index (χ3n) is 7.33. The van der Waals surface area contributed by atoms with Crippen molar-refractivity contribution >= 4 is 46.4 Å². The SMILES string of the molecule is COc1ccc(N2C(=O)CCC(C(=O)Nc3ccc(=O)n(Cc4ccc(Cl)c(Cl)c4)c3)C2c2ccccc2OC)cc1. The lowest BCUT2D eigenvalue weighted by Crippen LogP contribution is -2.47. The number of nitrogens with zero attached hydrogens (tertiary/aromatic N) is 2. The zero-order valence-corrected chi connectivity index (χ0v) is 24.6. The van der Waals surface area contributed by atoms with E-state index in [9.17, 15) is 14.4 Å². The number of pyridine rings is 1. The first-order valence-corrected chi connectivity index (χ1v) is 14.1. The molecule has 1 aliphatic heterocycles. The molecule has 2 amide bonds. The number of halogens is 2. The number of hydrogen-bond donors (Lipinski definition) is 1. The Labute approximate surface area is 253 Å². The summed E-state index contributed by atoms with van der Waals surface area (Å²) in [5, 5.41) is 3.80. The predicted molar refractivity (Wildman–Crippen MR) is 164 cm³/mol. The number of nitrogens with one attached hydrogen (secondary N) is 1. The first kappa shape index (κ1) is 29.2. The van der Waals surface area contributed by atoms with Crippen LogP contribution in [0.15, 0.2) is 89.9 Å². The Kier molecular flexibility index (Phi) is 8.85. The minimum Gasteiger partial charge on any atom is -0.497 e. The predicted octanol–water partition coefficient (Wildman–Crippen LogP) is 6.34. The van der Waals surface area contributed by atoms with E-state index in [-0.39, 0.29) is 30.3 Å². The van der Waals surface area contributed by atoms with Crippen molar-refractivity contribution in [3.8, 4) is 11.5 Å². The van der Waals surface area contributed by atoms with E-state index in [1.54, 1.807) is 73.8 Å². The second-order valence-corrected chi connectivity index (χ2v) is 10.7. The number of benzene rings is 3. The minimum atomic E-state index is -0.641. The molecule has 1 fully saturated rings. The number of para-hydroxylation sites is 1. The van der Waals surface area contributed by atoms with Crippen molar-refractivity contribution < 1.29 is 19.1 Å². The Morgan fingerprint density at radius 1 is 0.929 bits per heavy atom. The van der Waals surface area contributed by atoms with Crippen molar-refractivity contribution in [1.29, 1.82) is 0 Å². The summed E-state index contributed by atoms with van der Waals surface area (Å²) >= 11 is 12.2. The van der Waals surface area contributed by atoms with Gasteiger partial charge in [-0.25, -0.2) is 0 Å². The van der Waals surface area contributed by atoms with Crippen molar-refractivity contribution in [2.45, 2.75) is 25.4 Å². The molecule has 2 atom stereocenters. The van der Waals surface area contributed by atoms with Gasteiger partial charge < -0.3 is 24.3 Å². The van der Waals surface area contributed by atoms with E-state index in [0.29, 0.717) is 44.9 Å². The summed E-state index contributed by atoms with van der Waals surface area (Å²) in [5.41, 5.74) is 2.36. The van der Waals surface area contributed by atoms with Crippen LogP contribution in [0.4, 0.5) is 11.4 Å². The fourth-order valence-electron chi connectivity index (χ4n) is 5.28. The van der Waals surface area contributed by atoms with Crippen molar-refractivity contribution in [2.75, 3.05) is 24.4 Å². The second-order valence-electron chi connectivity index (χ2n) is 9.92. The van der Waals surface area contributed by atoms with Crippen LogP contribution in [0.3, 0.4) is 0 Å². The normalized spacial score (nSPS) is 16.7. The van der Waals surface area contributed by atoms with Gasteiger partial charge in [-0.2, -0.15) is 0 Å². The maximum atomic E-state index is 13.9. The molecule has 8 nitrogen and oxygen atoms in total. The van der Waals surface area contributed by atoms with E-state index >= 15 is 0 Å². The van der Waals surface area contributed by atoms with Gasteiger partial charge in [-0.15, -0.1) is 0 Å². The van der Waals surface area contributed by atoms with E-state index in [1.807, 2.05) is 24.3 Å². The quantitative estimate of drug-likeness (QED) is 0.253. The van der Waals surface area contributed by atoms with Gasteiger partial charge in [0.15, 0.2) is 0 Å². The highest BCUT2D eigenvalue weighted by Crippen LogP contribution is 2.43. The lowest BCUT2D eigenvalue weighted by molar-refractivity contribution is -0.126. The van der Waals surface area contributed by atoms with Crippen LogP contribution < -0.4 is 25.2 Å². The number of amides is 2. The van der Waals surface area contributed by atoms with Gasteiger partial charge in [0.1, 0.15) is 11.5 Å². The average Bonchev–Trinajstić information content (AvgIpc) is 3.00. The number of anilines is 2. The lowest BCUT2D eigenvalue weighted by atomic mass is 9.82. The molecule has 1 aliphatic rings. The fourth-order valence-corrected chi connectivity index (χ4v) is 5.60. The van der Waals surface area contributed by atoms with Gasteiger partial charge in [-0.1, -0.05) is 47.5 Å². The first-order chi connectivity index (χ1) is 20.3. The van der Waals surface area contributed by atoms with Crippen LogP contribution in [0.1, 0.15) is 30.0 Å². The Balaban J connectivity index is 1.48. The molecular formula is C32H29Cl2N3O5. The highest BCUT2D eigenvalue weighted by Gasteiger charge is 2.42. The monoisotopic (exact) mass is 605 g/mol. The van der Waals surface area contributed by atoms with E-state index in [0.717, 1.165) is 5.56 Å². The summed E-state index contributed by atoms with van der Waals surface area (Å²) < 4.78 is 12.4. The van der Waals surface area contributed by atoms with Crippen LogP contribution in [-0.4, -0.2) is 30.6 Å². The minimum absolute atomic E-state index is 0.102. The number of piperidine rings is 1. The number of ether oxygens (including phenoxy) is 2. The molecule has 10 heteroatoms. The molecule has 5 rings (SSSR count). The van der Waals surface area contributed by atoms with E-state index in [2.05, 4.69) is 5.32 Å². The number of methoxy groups -OCH3 is 2. The molecule has 0 spiro atoms. The van der Waals surface area contributed by atoms with Gasteiger partial charge in [0.2, 0.25) is 11.8 Å². The van der Waals surface area contributed by atoms with Gasteiger partial charge in [-0.05, 0) is 60.5 Å². The molecule has 42 heavy (non-hydrogen) atoms. The summed E-state index contributed by atoms with van der Waals surface area (Å²) in [7, 11) is 3.14. The average molecular weight is 607 g/mol. The summed E-state index contributed by atoms with van der Waals surface area (Å²) in [6.07, 6.45) is 2.12. The third-order valence-corrected chi connectivity index (χ3v) is 8.07. The standard InChI is InChI=1S/C32H29Cl2N3O5/c1-41-23-11-9-22(10-12-23)37-30(39)16-13-25(31(37)24-5-3-4-6-28(24)42-2)32(40)35-21-8-15-29(38)36(19-21)18-20-7-14-26(33)27(34)17-20/h3-12,14-15,17,19,25,31H,13,16,18H2,1-2H3,(H,35,40). The molecule has 2 unspecified atom stereocenters. The third kappa shape index (κ3) is 6.15. The molecule has 1 saturated heterocycles. The first-order valence-electron chi connectivity index (χ1n) is 13.3. The van der Waals surface area contributed by atoms with E-state index < -0.39 is 12.0 Å². The van der Waals surface area contributed by atoms with Gasteiger partial charge in [0.25, 0.3) is 5.56 Å². The Bertz CT molecular complexity index is 1670. The van der Waals surface area contributed by atoms with Crippen molar-refractivity contribution in [3.63, 3.8) is 0 Å². The van der Waals surface area contributed by atoms with Crippen LogP contribution in [0.5, 0.6) is 11.5 Å². The molecular weight excluding hydrogens is 577 g/mol. The van der Waals surface area contributed by atoms with Crippen LogP contribution in [0, 0.1) is 5.92 Å². The molecule has 0 aliphatic carbocycles. The highest BCUT2D eigenvalue weighted by atomic mass is 35.5. The van der Waals surface area contributed by atoms with Crippen molar-refractivity contribution in [3.05, 3.63) is 117 Å². The lowest BCUT2D eigenvalue weighted by Gasteiger charge is -2.41. The van der Waals surface area contributed by atoms with Gasteiger partial charge >= 0.3 is 0 Å². The summed E-state index contributed by atoms with van der Waals surface area (Å²) in [6, 6.07) is 22.0. The molecule has 1 aromatic heterocycles. The molecule has 216 valence electrons. The maximum absolute atomic E-state index is 13.9.